The van der Waals surface area contributed by atoms with Crippen LogP contribution in [-0.4, -0.2) is 55.5 Å². The molecule has 3 rings (SSSR count). The van der Waals surface area contributed by atoms with Gasteiger partial charge in [0, 0.05) is 13.0 Å². The maximum atomic E-state index is 12.3. The van der Waals surface area contributed by atoms with Crippen molar-refractivity contribution in [2.24, 2.45) is 0 Å². The number of carbonyl (C=O) groups excluding carboxylic acids is 2. The lowest BCUT2D eigenvalue weighted by Gasteiger charge is -2.19. The lowest BCUT2D eigenvalue weighted by molar-refractivity contribution is -0.143. The molecule has 0 saturated heterocycles. The Morgan fingerprint density at radius 3 is 2.22 bits per heavy atom. The van der Waals surface area contributed by atoms with E-state index in [1.165, 1.54) is 13.2 Å². The number of hydrogen-bond donors (Lipinski definition) is 3. The van der Waals surface area contributed by atoms with Crippen LogP contribution >= 0.6 is 0 Å². The minimum Gasteiger partial charge on any atom is -0.480 e. The largest absolute Gasteiger partial charge is 0.480 e. The highest BCUT2D eigenvalue weighted by Gasteiger charge is 2.29. The Balaban J connectivity index is 1.55. The van der Waals surface area contributed by atoms with Gasteiger partial charge in [0.25, 0.3) is 5.91 Å². The van der Waals surface area contributed by atoms with Gasteiger partial charge >= 0.3 is 12.1 Å². The monoisotopic (exact) mass is 438 g/mol. The Morgan fingerprint density at radius 2 is 1.69 bits per heavy atom. The number of carboxylic acids is 1. The van der Waals surface area contributed by atoms with Gasteiger partial charge in [-0.25, -0.2) is 9.59 Å². The molecule has 0 bridgehead atoms. The Bertz CT molecular complexity index is 960. The van der Waals surface area contributed by atoms with Crippen LogP contribution in [0.15, 0.2) is 61.2 Å². The SMILES string of the molecule is C=CCC(NC(=O)C(CNC(=O)OCC1c2ccccc2-c2ccccc21)OC)C(=O)O. The molecule has 0 fully saturated rings. The number of benzene rings is 2. The molecule has 168 valence electrons. The number of aliphatic carboxylic acids is 1. The number of amides is 2. The number of methoxy groups -OCH3 is 1. The summed E-state index contributed by atoms with van der Waals surface area (Å²) in [5, 5.41) is 14.0. The van der Waals surface area contributed by atoms with Crippen molar-refractivity contribution in [3.8, 4) is 11.1 Å². The van der Waals surface area contributed by atoms with Crippen molar-refractivity contribution in [3.63, 3.8) is 0 Å². The number of alkyl carbamates (subject to hydrolysis) is 1. The summed E-state index contributed by atoms with van der Waals surface area (Å²) in [7, 11) is 1.30. The molecule has 8 heteroatoms. The fourth-order valence-corrected chi connectivity index (χ4v) is 3.76. The highest BCUT2D eigenvalue weighted by atomic mass is 16.5. The van der Waals surface area contributed by atoms with E-state index in [1.54, 1.807) is 0 Å². The van der Waals surface area contributed by atoms with Crippen LogP contribution < -0.4 is 10.6 Å². The van der Waals surface area contributed by atoms with Crippen molar-refractivity contribution < 1.29 is 29.0 Å². The summed E-state index contributed by atoms with van der Waals surface area (Å²) in [4.78, 5) is 35.8. The molecule has 0 saturated carbocycles. The van der Waals surface area contributed by atoms with E-state index in [-0.39, 0.29) is 25.5 Å². The van der Waals surface area contributed by atoms with Crippen molar-refractivity contribution in [1.82, 2.24) is 10.6 Å². The van der Waals surface area contributed by atoms with Crippen molar-refractivity contribution in [2.75, 3.05) is 20.3 Å². The van der Waals surface area contributed by atoms with Gasteiger partial charge in [-0.2, -0.15) is 0 Å². The Morgan fingerprint density at radius 1 is 1.09 bits per heavy atom. The second kappa shape index (κ2) is 10.6. The van der Waals surface area contributed by atoms with Gasteiger partial charge in [0.1, 0.15) is 12.6 Å². The highest BCUT2D eigenvalue weighted by Crippen LogP contribution is 2.44. The first-order valence-corrected chi connectivity index (χ1v) is 10.2. The number of carboxylic acid groups (broad SMARTS) is 1. The smallest absolute Gasteiger partial charge is 0.407 e. The van der Waals surface area contributed by atoms with Gasteiger partial charge in [0.2, 0.25) is 0 Å². The first kappa shape index (κ1) is 23.0. The van der Waals surface area contributed by atoms with Gasteiger partial charge in [-0.05, 0) is 28.7 Å². The van der Waals surface area contributed by atoms with Crippen molar-refractivity contribution in [1.29, 1.82) is 0 Å². The van der Waals surface area contributed by atoms with Crippen LogP contribution in [0.4, 0.5) is 4.79 Å². The summed E-state index contributed by atoms with van der Waals surface area (Å²) < 4.78 is 10.5. The van der Waals surface area contributed by atoms with E-state index in [9.17, 15) is 14.4 Å². The van der Waals surface area contributed by atoms with Gasteiger partial charge in [-0.3, -0.25) is 4.79 Å². The number of ether oxygens (including phenoxy) is 2. The molecule has 2 atom stereocenters. The van der Waals surface area contributed by atoms with E-state index >= 15 is 0 Å². The third-order valence-electron chi connectivity index (χ3n) is 5.37. The predicted octanol–water partition coefficient (Wildman–Crippen LogP) is 2.69. The summed E-state index contributed by atoms with van der Waals surface area (Å²) in [5.74, 6) is -1.91. The standard InChI is InChI=1S/C24H26N2O6/c1-3-8-20(23(28)29)26-22(27)21(31-2)13-25-24(30)32-14-19-17-11-6-4-9-15(17)16-10-5-7-12-18(16)19/h3-7,9-12,19-21H,1,8,13-14H2,2H3,(H,25,30)(H,26,27)(H,28,29). The second-order valence-corrected chi connectivity index (χ2v) is 7.35. The first-order valence-electron chi connectivity index (χ1n) is 10.2. The molecule has 32 heavy (non-hydrogen) atoms. The number of fused-ring (bicyclic) bond motifs is 3. The molecule has 0 radical (unpaired) electrons. The molecule has 1 aliphatic rings. The minimum atomic E-state index is -1.18. The molecule has 2 unspecified atom stereocenters. The lowest BCUT2D eigenvalue weighted by atomic mass is 9.98. The topological polar surface area (TPSA) is 114 Å². The summed E-state index contributed by atoms with van der Waals surface area (Å²) in [6.45, 7) is 3.45. The molecule has 2 amide bonds. The third kappa shape index (κ3) is 5.15. The molecule has 8 nitrogen and oxygen atoms in total. The van der Waals surface area contributed by atoms with Crippen molar-refractivity contribution >= 4 is 18.0 Å². The predicted molar refractivity (Wildman–Crippen MR) is 118 cm³/mol. The maximum absolute atomic E-state index is 12.3. The Kier molecular flexibility index (Phi) is 7.62. The Labute approximate surface area is 186 Å². The molecular weight excluding hydrogens is 412 g/mol. The summed E-state index contributed by atoms with van der Waals surface area (Å²) in [6, 6.07) is 14.9. The highest BCUT2D eigenvalue weighted by molar-refractivity contribution is 5.87. The van der Waals surface area contributed by atoms with Crippen LogP contribution in [0, 0.1) is 0 Å². The van der Waals surface area contributed by atoms with Gasteiger partial charge in [-0.15, -0.1) is 6.58 Å². The summed E-state index contributed by atoms with van der Waals surface area (Å²) in [5.41, 5.74) is 4.44. The number of rotatable bonds is 10. The molecule has 0 heterocycles. The molecule has 0 aromatic heterocycles. The minimum absolute atomic E-state index is 0.0668. The first-order chi connectivity index (χ1) is 15.5. The van der Waals surface area contributed by atoms with Crippen LogP contribution in [0.25, 0.3) is 11.1 Å². The van der Waals surface area contributed by atoms with Gasteiger partial charge < -0.3 is 25.2 Å². The molecule has 2 aromatic rings. The number of carbonyl (C=O) groups is 3. The zero-order valence-electron chi connectivity index (χ0n) is 17.7. The maximum Gasteiger partial charge on any atom is 0.407 e. The quantitative estimate of drug-likeness (QED) is 0.492. The van der Waals surface area contributed by atoms with Crippen LogP contribution in [0.3, 0.4) is 0 Å². The van der Waals surface area contributed by atoms with Crippen LogP contribution in [0.5, 0.6) is 0 Å². The van der Waals surface area contributed by atoms with Crippen molar-refractivity contribution in [3.05, 3.63) is 72.3 Å². The molecule has 0 aliphatic heterocycles. The van der Waals surface area contributed by atoms with Crippen LogP contribution in [0.2, 0.25) is 0 Å². The molecular formula is C24H26N2O6. The van der Waals surface area contributed by atoms with E-state index in [0.717, 1.165) is 22.3 Å². The summed E-state index contributed by atoms with van der Waals surface area (Å²) in [6.07, 6.45) is -0.294. The normalized spacial score (nSPS) is 13.9. The van der Waals surface area contributed by atoms with E-state index in [2.05, 4.69) is 17.2 Å². The molecule has 2 aromatic carbocycles. The fourth-order valence-electron chi connectivity index (χ4n) is 3.76. The second-order valence-electron chi connectivity index (χ2n) is 7.35. The van der Waals surface area contributed by atoms with Crippen LogP contribution in [-0.2, 0) is 19.1 Å². The van der Waals surface area contributed by atoms with E-state index in [1.807, 2.05) is 48.5 Å². The van der Waals surface area contributed by atoms with Gasteiger partial charge in [0.15, 0.2) is 6.10 Å². The summed E-state index contributed by atoms with van der Waals surface area (Å²) >= 11 is 0. The van der Waals surface area contributed by atoms with E-state index < -0.39 is 30.1 Å². The average Bonchev–Trinajstić information content (AvgIpc) is 3.11. The lowest BCUT2D eigenvalue weighted by Crippen LogP contribution is -2.49. The average molecular weight is 438 g/mol. The molecule has 3 N–H and O–H groups in total. The van der Waals surface area contributed by atoms with Crippen LogP contribution in [0.1, 0.15) is 23.5 Å². The molecule has 0 spiro atoms. The fraction of sp³-hybridized carbons (Fsp3) is 0.292. The zero-order chi connectivity index (χ0) is 23.1. The van der Waals surface area contributed by atoms with Gasteiger partial charge in [-0.1, -0.05) is 54.6 Å². The zero-order valence-corrected chi connectivity index (χ0v) is 17.7. The number of nitrogens with one attached hydrogen (secondary N) is 2. The molecule has 1 aliphatic carbocycles. The Hall–Kier alpha value is -3.65. The van der Waals surface area contributed by atoms with Crippen molar-refractivity contribution in [2.45, 2.75) is 24.5 Å². The van der Waals surface area contributed by atoms with Gasteiger partial charge in [0.05, 0.1) is 6.54 Å². The number of hydrogen-bond acceptors (Lipinski definition) is 5. The van der Waals surface area contributed by atoms with E-state index in [4.69, 9.17) is 14.6 Å². The third-order valence-corrected chi connectivity index (χ3v) is 5.37. The van der Waals surface area contributed by atoms with E-state index in [0.29, 0.717) is 0 Å².